The Bertz CT molecular complexity index is 625. The molecule has 20 heavy (non-hydrogen) atoms. The van der Waals surface area contributed by atoms with Crippen molar-refractivity contribution in [3.63, 3.8) is 0 Å². The normalized spacial score (nSPS) is 13.6. The molecule has 2 aromatic heterocycles. The molecular weight excluding hydrogens is 406 g/mol. The number of thioether (sulfide) groups is 1. The summed E-state index contributed by atoms with van der Waals surface area (Å²) in [6.45, 7) is 3.06. The molecule has 1 aliphatic heterocycles. The molecular formula is C13H13Br2N3OS. The number of aromatic nitrogens is 2. The van der Waals surface area contributed by atoms with Gasteiger partial charge in [0, 0.05) is 29.7 Å². The summed E-state index contributed by atoms with van der Waals surface area (Å²) >= 11 is 8.64. The summed E-state index contributed by atoms with van der Waals surface area (Å²) in [5.74, 6) is 4.17. The van der Waals surface area contributed by atoms with Crippen molar-refractivity contribution in [2.75, 3.05) is 11.9 Å². The molecule has 0 unspecified atom stereocenters. The van der Waals surface area contributed by atoms with Crippen LogP contribution >= 0.6 is 43.6 Å². The van der Waals surface area contributed by atoms with Crippen LogP contribution in [0.15, 0.2) is 19.6 Å². The van der Waals surface area contributed by atoms with Gasteiger partial charge in [0.25, 0.3) is 0 Å². The van der Waals surface area contributed by atoms with Crippen molar-refractivity contribution in [1.82, 2.24) is 9.97 Å². The number of rotatable bonds is 4. The molecule has 3 rings (SSSR count). The predicted octanol–water partition coefficient (Wildman–Crippen LogP) is 4.83. The molecule has 0 spiro atoms. The van der Waals surface area contributed by atoms with Crippen LogP contribution in [0.5, 0.6) is 0 Å². The van der Waals surface area contributed by atoms with Gasteiger partial charge in [-0.1, -0.05) is 6.92 Å². The first-order chi connectivity index (χ1) is 9.69. The molecule has 0 radical (unpaired) electrons. The smallest absolute Gasteiger partial charge is 0.198 e. The number of nitrogens with one attached hydrogen (secondary N) is 1. The van der Waals surface area contributed by atoms with Crippen molar-refractivity contribution in [2.45, 2.75) is 24.9 Å². The lowest BCUT2D eigenvalue weighted by Crippen LogP contribution is -2.07. The van der Waals surface area contributed by atoms with E-state index in [0.29, 0.717) is 16.3 Å². The van der Waals surface area contributed by atoms with E-state index in [-0.39, 0.29) is 0 Å². The highest BCUT2D eigenvalue weighted by Gasteiger charge is 2.21. The van der Waals surface area contributed by atoms with Crippen LogP contribution in [-0.2, 0) is 11.5 Å². The predicted molar refractivity (Wildman–Crippen MR) is 88.9 cm³/mol. The molecule has 0 atom stereocenters. The van der Waals surface area contributed by atoms with Gasteiger partial charge >= 0.3 is 0 Å². The molecule has 0 saturated carbocycles. The number of hydrogen-bond acceptors (Lipinski definition) is 5. The third-order valence-corrected chi connectivity index (χ3v) is 5.67. The maximum atomic E-state index is 5.63. The van der Waals surface area contributed by atoms with Crippen LogP contribution in [0.3, 0.4) is 0 Å². The molecule has 1 N–H and O–H groups in total. The van der Waals surface area contributed by atoms with Gasteiger partial charge in [0.2, 0.25) is 0 Å². The van der Waals surface area contributed by atoms with Gasteiger partial charge in [-0.25, -0.2) is 9.97 Å². The van der Waals surface area contributed by atoms with Crippen LogP contribution in [-0.4, -0.2) is 16.5 Å². The number of anilines is 1. The summed E-state index contributed by atoms with van der Waals surface area (Å²) in [4.78, 5) is 9.27. The van der Waals surface area contributed by atoms with Crippen molar-refractivity contribution in [3.05, 3.63) is 26.5 Å². The van der Waals surface area contributed by atoms with E-state index in [2.05, 4.69) is 54.1 Å². The van der Waals surface area contributed by atoms with E-state index in [1.807, 2.05) is 17.8 Å². The van der Waals surface area contributed by atoms with Crippen LogP contribution < -0.4 is 5.32 Å². The topological polar surface area (TPSA) is 51.0 Å². The van der Waals surface area contributed by atoms with Gasteiger partial charge in [0.1, 0.15) is 5.82 Å². The standard InChI is InChI=1S/C13H13Br2N3OS/c1-2-3-16-12-7-5-20-6-9(7)17-13(18-12)10-4-8(14)11(15)19-10/h4H,2-3,5-6H2,1H3,(H,16,17,18). The Kier molecular flexibility index (Phi) is 4.37. The second-order valence-electron chi connectivity index (χ2n) is 4.47. The zero-order valence-corrected chi connectivity index (χ0v) is 14.9. The second kappa shape index (κ2) is 6.07. The Morgan fingerprint density at radius 1 is 1.35 bits per heavy atom. The fraction of sp³-hybridized carbons (Fsp3) is 0.385. The molecule has 4 nitrogen and oxygen atoms in total. The lowest BCUT2D eigenvalue weighted by molar-refractivity contribution is 0.549. The summed E-state index contributed by atoms with van der Waals surface area (Å²) in [6, 6.07) is 1.89. The van der Waals surface area contributed by atoms with Gasteiger partial charge < -0.3 is 9.73 Å². The Morgan fingerprint density at radius 2 is 2.20 bits per heavy atom. The van der Waals surface area contributed by atoms with E-state index >= 15 is 0 Å². The third-order valence-electron chi connectivity index (χ3n) is 2.99. The molecule has 0 fully saturated rings. The fourth-order valence-electron chi connectivity index (χ4n) is 2.01. The van der Waals surface area contributed by atoms with Crippen LogP contribution in [0.2, 0.25) is 0 Å². The molecule has 0 bridgehead atoms. The quantitative estimate of drug-likeness (QED) is 0.770. The minimum atomic E-state index is 0.635. The van der Waals surface area contributed by atoms with Gasteiger partial charge in [-0.15, -0.1) is 0 Å². The van der Waals surface area contributed by atoms with Gasteiger partial charge in [0.05, 0.1) is 10.2 Å². The molecule has 0 aliphatic carbocycles. The van der Waals surface area contributed by atoms with Gasteiger partial charge in [-0.3, -0.25) is 0 Å². The van der Waals surface area contributed by atoms with E-state index in [0.717, 1.165) is 40.5 Å². The fourth-order valence-corrected chi connectivity index (χ4v) is 3.63. The van der Waals surface area contributed by atoms with Crippen LogP contribution in [0, 0.1) is 0 Å². The molecule has 2 aromatic rings. The lowest BCUT2D eigenvalue weighted by Gasteiger charge is -2.10. The van der Waals surface area contributed by atoms with Gasteiger partial charge in [-0.05, 0) is 38.3 Å². The molecule has 106 valence electrons. The molecule has 1 aliphatic rings. The number of hydrogen-bond donors (Lipinski definition) is 1. The summed E-state index contributed by atoms with van der Waals surface area (Å²) in [5, 5.41) is 3.40. The molecule has 7 heteroatoms. The summed E-state index contributed by atoms with van der Waals surface area (Å²) < 4.78 is 7.16. The van der Waals surface area contributed by atoms with Crippen LogP contribution in [0.4, 0.5) is 5.82 Å². The monoisotopic (exact) mass is 417 g/mol. The largest absolute Gasteiger partial charge is 0.445 e. The van der Waals surface area contributed by atoms with Crippen molar-refractivity contribution < 1.29 is 4.42 Å². The maximum Gasteiger partial charge on any atom is 0.198 e. The average molecular weight is 419 g/mol. The third kappa shape index (κ3) is 2.76. The minimum Gasteiger partial charge on any atom is -0.445 e. The first-order valence-electron chi connectivity index (χ1n) is 6.35. The summed E-state index contributed by atoms with van der Waals surface area (Å²) in [5.41, 5.74) is 2.35. The first kappa shape index (κ1) is 14.4. The SMILES string of the molecule is CCCNc1nc(-c2cc(Br)c(Br)o2)nc2c1CSC2. The second-order valence-corrected chi connectivity index (χ2v) is 7.03. The maximum absolute atomic E-state index is 5.63. The van der Waals surface area contributed by atoms with E-state index in [1.54, 1.807) is 0 Å². The summed E-state index contributed by atoms with van der Waals surface area (Å²) in [7, 11) is 0. The highest BCUT2D eigenvalue weighted by molar-refractivity contribution is 9.13. The highest BCUT2D eigenvalue weighted by atomic mass is 79.9. The van der Waals surface area contributed by atoms with E-state index < -0.39 is 0 Å². The highest BCUT2D eigenvalue weighted by Crippen LogP contribution is 2.36. The number of fused-ring (bicyclic) bond motifs is 1. The Balaban J connectivity index is 2.03. The van der Waals surface area contributed by atoms with Crippen LogP contribution in [0.1, 0.15) is 24.6 Å². The molecule has 0 saturated heterocycles. The average Bonchev–Trinajstić information content (AvgIpc) is 3.03. The van der Waals surface area contributed by atoms with Crippen molar-refractivity contribution in [3.8, 4) is 11.6 Å². The Hall–Kier alpha value is -0.530. The van der Waals surface area contributed by atoms with E-state index in [9.17, 15) is 0 Å². The zero-order valence-electron chi connectivity index (χ0n) is 10.9. The van der Waals surface area contributed by atoms with E-state index in [4.69, 9.17) is 4.42 Å². The number of furan rings is 1. The lowest BCUT2D eigenvalue weighted by atomic mass is 10.2. The summed E-state index contributed by atoms with van der Waals surface area (Å²) in [6.07, 6.45) is 1.07. The van der Waals surface area contributed by atoms with Crippen LogP contribution in [0.25, 0.3) is 11.6 Å². The number of halogens is 2. The van der Waals surface area contributed by atoms with E-state index in [1.165, 1.54) is 5.56 Å². The molecule has 3 heterocycles. The minimum absolute atomic E-state index is 0.635. The number of nitrogens with zero attached hydrogens (tertiary/aromatic N) is 2. The van der Waals surface area contributed by atoms with Gasteiger partial charge in [0.15, 0.2) is 16.3 Å². The van der Waals surface area contributed by atoms with Crippen molar-refractivity contribution >= 4 is 49.4 Å². The molecule has 0 amide bonds. The zero-order chi connectivity index (χ0) is 14.1. The first-order valence-corrected chi connectivity index (χ1v) is 9.09. The van der Waals surface area contributed by atoms with Crippen molar-refractivity contribution in [2.24, 2.45) is 0 Å². The molecule has 0 aromatic carbocycles. The Morgan fingerprint density at radius 3 is 2.90 bits per heavy atom. The van der Waals surface area contributed by atoms with Crippen molar-refractivity contribution in [1.29, 1.82) is 0 Å². The Labute approximate surface area is 138 Å². The van der Waals surface area contributed by atoms with Gasteiger partial charge in [-0.2, -0.15) is 11.8 Å².